The molecular formula is C19H31NO5Si. The van der Waals surface area contributed by atoms with Gasteiger partial charge in [0.2, 0.25) is 6.23 Å². The van der Waals surface area contributed by atoms with E-state index in [1.54, 1.807) is 32.9 Å². The summed E-state index contributed by atoms with van der Waals surface area (Å²) in [6, 6.07) is 7.23. The summed E-state index contributed by atoms with van der Waals surface area (Å²) in [5.74, 6) is -1.23. The van der Waals surface area contributed by atoms with Crippen molar-refractivity contribution in [2.45, 2.75) is 71.9 Å². The molecule has 6 nitrogen and oxygen atoms in total. The van der Waals surface area contributed by atoms with E-state index in [-0.39, 0.29) is 5.41 Å². The number of carboxylic acid groups (broad SMARTS) is 1. The predicted molar refractivity (Wildman–Crippen MR) is 105 cm³/mol. The number of hydrogen-bond acceptors (Lipinski definition) is 4. The molecule has 0 aliphatic carbocycles. The average Bonchev–Trinajstić information content (AvgIpc) is 2.43. The van der Waals surface area contributed by atoms with Crippen molar-refractivity contribution >= 4 is 26.8 Å². The number of ether oxygens (including phenoxy) is 1. The number of benzene rings is 1. The number of hydrogen-bond donors (Lipinski definition) is 1. The van der Waals surface area contributed by atoms with E-state index in [9.17, 15) is 14.7 Å². The first kappa shape index (κ1) is 22.2. The minimum Gasteiger partial charge on any atom is -0.478 e. The van der Waals surface area contributed by atoms with Gasteiger partial charge in [0.05, 0.1) is 5.69 Å². The van der Waals surface area contributed by atoms with Gasteiger partial charge in [0.15, 0.2) is 9.04 Å². The fourth-order valence-corrected chi connectivity index (χ4v) is 3.01. The van der Waals surface area contributed by atoms with Gasteiger partial charge in [-0.25, -0.2) is 14.5 Å². The van der Waals surface area contributed by atoms with Crippen molar-refractivity contribution in [2.75, 3.05) is 4.90 Å². The number of anilines is 1. The van der Waals surface area contributed by atoms with Gasteiger partial charge in [0.25, 0.3) is 0 Å². The van der Waals surface area contributed by atoms with Crippen LogP contribution in [0.5, 0.6) is 0 Å². The number of aliphatic carboxylic acids is 1. The smallest absolute Gasteiger partial charge is 0.417 e. The Labute approximate surface area is 157 Å². The fraction of sp³-hybridized carbons (Fsp3) is 0.579. The first-order chi connectivity index (χ1) is 11.7. The van der Waals surface area contributed by atoms with Crippen molar-refractivity contribution in [3.63, 3.8) is 0 Å². The predicted octanol–water partition coefficient (Wildman–Crippen LogP) is 4.14. The molecule has 1 amide bonds. The lowest BCUT2D eigenvalue weighted by molar-refractivity contribution is -0.145. The first-order valence-corrected chi connectivity index (χ1v) is 11.5. The van der Waals surface area contributed by atoms with Crippen LogP contribution >= 0.6 is 0 Å². The number of carbonyl (C=O) groups excluding carboxylic acids is 1. The van der Waals surface area contributed by atoms with Crippen LogP contribution < -0.4 is 4.90 Å². The number of amides is 1. The van der Waals surface area contributed by atoms with Crippen molar-refractivity contribution < 1.29 is 23.9 Å². The zero-order valence-corrected chi connectivity index (χ0v) is 18.1. The Kier molecular flexibility index (Phi) is 7.01. The molecule has 0 bridgehead atoms. The summed E-state index contributed by atoms with van der Waals surface area (Å²) < 4.78 is 11.0. The third-order valence-electron chi connectivity index (χ3n) is 3.45. The van der Waals surface area contributed by atoms with E-state index in [4.69, 9.17) is 9.16 Å². The highest BCUT2D eigenvalue weighted by Crippen LogP contribution is 2.27. The summed E-state index contributed by atoms with van der Waals surface area (Å²) in [5, 5.41) is 9.63. The summed E-state index contributed by atoms with van der Waals surface area (Å²) in [4.78, 5) is 25.6. The van der Waals surface area contributed by atoms with Crippen LogP contribution in [0.15, 0.2) is 24.3 Å². The molecular weight excluding hydrogens is 350 g/mol. The molecule has 0 saturated heterocycles. The van der Waals surface area contributed by atoms with Gasteiger partial charge in [-0.05, 0) is 57.0 Å². The van der Waals surface area contributed by atoms with Crippen LogP contribution in [0.3, 0.4) is 0 Å². The van der Waals surface area contributed by atoms with Crippen LogP contribution in [0.1, 0.15) is 47.1 Å². The summed E-state index contributed by atoms with van der Waals surface area (Å²) in [7, 11) is -1.73. The van der Waals surface area contributed by atoms with Gasteiger partial charge < -0.3 is 14.3 Å². The summed E-state index contributed by atoms with van der Waals surface area (Å²) in [5.41, 5.74) is 0.702. The number of carboxylic acids is 1. The van der Waals surface area contributed by atoms with Gasteiger partial charge in [-0.1, -0.05) is 32.9 Å². The largest absolute Gasteiger partial charge is 0.478 e. The second-order valence-corrected chi connectivity index (χ2v) is 10.9. The molecule has 0 fully saturated rings. The summed E-state index contributed by atoms with van der Waals surface area (Å²) in [6.07, 6.45) is -2.17. The van der Waals surface area contributed by atoms with Gasteiger partial charge in [-0.15, -0.1) is 0 Å². The second-order valence-electron chi connectivity index (χ2n) is 8.52. The van der Waals surface area contributed by atoms with Crippen molar-refractivity contribution in [1.82, 2.24) is 0 Å². The second kappa shape index (κ2) is 8.22. The third-order valence-corrected chi connectivity index (χ3v) is 4.25. The van der Waals surface area contributed by atoms with E-state index in [1.165, 1.54) is 0 Å². The number of nitrogens with zero attached hydrogens (tertiary/aromatic N) is 1. The topological polar surface area (TPSA) is 76.1 Å². The van der Waals surface area contributed by atoms with Crippen LogP contribution in [0.2, 0.25) is 13.1 Å². The molecule has 0 aliphatic heterocycles. The molecule has 146 valence electrons. The van der Waals surface area contributed by atoms with E-state index in [2.05, 4.69) is 20.8 Å². The third kappa shape index (κ3) is 6.46. The standard InChI is InChI=1S/C19H31NO5Si/c1-18(2,3)13-9-11-14(12-10-13)20(17(23)24-19(4,5)6)15(16(21)22)25-26(7)8/h9-12,15,26H,1-8H3,(H,21,22)/t15-/m0/s1. The number of carbonyl (C=O) groups is 2. The van der Waals surface area contributed by atoms with Crippen molar-refractivity contribution in [1.29, 1.82) is 0 Å². The highest BCUT2D eigenvalue weighted by atomic mass is 28.3. The lowest BCUT2D eigenvalue weighted by atomic mass is 9.87. The molecule has 7 heteroatoms. The van der Waals surface area contributed by atoms with Crippen LogP contribution in [0, 0.1) is 0 Å². The van der Waals surface area contributed by atoms with Crippen LogP contribution in [0.4, 0.5) is 10.5 Å². The summed E-state index contributed by atoms with van der Waals surface area (Å²) >= 11 is 0. The molecule has 0 radical (unpaired) electrons. The maximum Gasteiger partial charge on any atom is 0.417 e. The van der Waals surface area contributed by atoms with Crippen molar-refractivity contribution in [3.8, 4) is 0 Å². The Morgan fingerprint density at radius 2 is 1.54 bits per heavy atom. The van der Waals surface area contributed by atoms with E-state index in [0.717, 1.165) is 10.5 Å². The molecule has 0 heterocycles. The maximum atomic E-state index is 12.7. The molecule has 0 aromatic heterocycles. The minimum absolute atomic E-state index is 0.0528. The lowest BCUT2D eigenvalue weighted by Crippen LogP contribution is -2.50. The van der Waals surface area contributed by atoms with Crippen molar-refractivity contribution in [2.24, 2.45) is 0 Å². The molecule has 1 atom stereocenters. The van der Waals surface area contributed by atoms with Gasteiger partial charge in [-0.3, -0.25) is 0 Å². The van der Waals surface area contributed by atoms with Gasteiger partial charge in [-0.2, -0.15) is 0 Å². The molecule has 0 unspecified atom stereocenters. The Bertz CT molecular complexity index is 629. The zero-order chi connectivity index (χ0) is 20.3. The molecule has 26 heavy (non-hydrogen) atoms. The highest BCUT2D eigenvalue weighted by Gasteiger charge is 2.35. The Balaban J connectivity index is 3.34. The molecule has 0 spiro atoms. The molecule has 0 saturated carbocycles. The Morgan fingerprint density at radius 3 is 1.88 bits per heavy atom. The Morgan fingerprint density at radius 1 is 1.04 bits per heavy atom. The van der Waals surface area contributed by atoms with Crippen LogP contribution in [-0.4, -0.2) is 38.0 Å². The molecule has 0 aliphatic rings. The SMILES string of the molecule is C[SiH](C)O[C@@H](C(=O)O)N(C(=O)OC(C)(C)C)c1ccc(C(C)(C)C)cc1. The number of rotatable bonds is 5. The fourth-order valence-electron chi connectivity index (χ4n) is 2.26. The van der Waals surface area contributed by atoms with E-state index >= 15 is 0 Å². The normalized spacial score (nSPS) is 13.4. The summed E-state index contributed by atoms with van der Waals surface area (Å²) in [6.45, 7) is 15.2. The van der Waals surface area contributed by atoms with Crippen LogP contribution in [0.25, 0.3) is 0 Å². The highest BCUT2D eigenvalue weighted by molar-refractivity contribution is 6.48. The average molecular weight is 382 g/mol. The molecule has 1 aromatic rings. The van der Waals surface area contributed by atoms with E-state index < -0.39 is 32.9 Å². The van der Waals surface area contributed by atoms with E-state index in [1.807, 2.05) is 25.2 Å². The van der Waals surface area contributed by atoms with Crippen molar-refractivity contribution in [3.05, 3.63) is 29.8 Å². The minimum atomic E-state index is -1.73. The zero-order valence-electron chi connectivity index (χ0n) is 17.0. The Hall–Kier alpha value is -1.86. The van der Waals surface area contributed by atoms with Crippen LogP contribution in [-0.2, 0) is 19.4 Å². The molecule has 1 aromatic carbocycles. The first-order valence-electron chi connectivity index (χ1n) is 8.73. The van der Waals surface area contributed by atoms with Gasteiger partial charge in [0, 0.05) is 0 Å². The monoisotopic (exact) mass is 381 g/mol. The molecule has 1 N–H and O–H groups in total. The van der Waals surface area contributed by atoms with Gasteiger partial charge >= 0.3 is 12.1 Å². The quantitative estimate of drug-likeness (QED) is 0.613. The maximum absolute atomic E-state index is 12.7. The lowest BCUT2D eigenvalue weighted by Gasteiger charge is -2.32. The molecule has 1 rings (SSSR count). The van der Waals surface area contributed by atoms with E-state index in [0.29, 0.717) is 5.69 Å². The van der Waals surface area contributed by atoms with Gasteiger partial charge in [0.1, 0.15) is 5.60 Å².